The third kappa shape index (κ3) is 5.21. The van der Waals surface area contributed by atoms with Crippen LogP contribution in [0.4, 0.5) is 4.79 Å². The molecule has 1 aromatic rings. The third-order valence-electron chi connectivity index (χ3n) is 3.88. The number of nitrogens with one attached hydrogen (secondary N) is 1. The van der Waals surface area contributed by atoms with Crippen LogP contribution in [0, 0.1) is 0 Å². The summed E-state index contributed by atoms with van der Waals surface area (Å²) in [4.78, 5) is 27.8. The van der Waals surface area contributed by atoms with Crippen molar-refractivity contribution >= 4 is 12.0 Å². The minimum atomic E-state index is -0.709. The van der Waals surface area contributed by atoms with Crippen LogP contribution in [0.2, 0.25) is 0 Å². The van der Waals surface area contributed by atoms with Crippen LogP contribution in [-0.2, 0) is 16.1 Å². The van der Waals surface area contributed by atoms with Crippen LogP contribution in [0.15, 0.2) is 30.3 Å². The van der Waals surface area contributed by atoms with Crippen molar-refractivity contribution in [2.45, 2.75) is 25.2 Å². The number of carbonyl (C=O) groups excluding carboxylic acids is 2. The fourth-order valence-corrected chi connectivity index (χ4v) is 2.59. The van der Waals surface area contributed by atoms with Crippen molar-refractivity contribution < 1.29 is 19.4 Å². The summed E-state index contributed by atoms with van der Waals surface area (Å²) < 4.78 is 5.27. The van der Waals surface area contributed by atoms with E-state index >= 15 is 0 Å². The summed E-state index contributed by atoms with van der Waals surface area (Å²) >= 11 is 0. The van der Waals surface area contributed by atoms with Gasteiger partial charge in [-0.25, -0.2) is 4.79 Å². The molecule has 0 radical (unpaired) electrons. The van der Waals surface area contributed by atoms with Gasteiger partial charge in [-0.05, 0) is 19.7 Å². The van der Waals surface area contributed by atoms with Gasteiger partial charge in [0.05, 0.1) is 12.6 Å². The Bertz CT molecular complexity index is 550. The third-order valence-corrected chi connectivity index (χ3v) is 3.88. The van der Waals surface area contributed by atoms with Crippen LogP contribution in [0.1, 0.15) is 12.0 Å². The number of likely N-dealkylation sites (tertiary alicyclic amines) is 1. The molecule has 2 N–H and O–H groups in total. The van der Waals surface area contributed by atoms with Crippen molar-refractivity contribution in [3.63, 3.8) is 0 Å². The van der Waals surface area contributed by atoms with E-state index in [2.05, 4.69) is 5.32 Å². The Morgan fingerprint density at radius 1 is 1.33 bits per heavy atom. The summed E-state index contributed by atoms with van der Waals surface area (Å²) in [6, 6.07) is 8.64. The number of hydrogen-bond acceptors (Lipinski definition) is 5. The zero-order chi connectivity index (χ0) is 17.5. The lowest BCUT2D eigenvalue weighted by Gasteiger charge is -2.23. The highest BCUT2D eigenvalue weighted by molar-refractivity contribution is 5.86. The van der Waals surface area contributed by atoms with Gasteiger partial charge in [0, 0.05) is 19.5 Å². The van der Waals surface area contributed by atoms with Crippen molar-refractivity contribution in [3.05, 3.63) is 35.9 Å². The molecule has 0 aromatic heterocycles. The van der Waals surface area contributed by atoms with Gasteiger partial charge in [0.2, 0.25) is 5.91 Å². The zero-order valence-electron chi connectivity index (χ0n) is 14.1. The number of rotatable bonds is 6. The molecule has 1 heterocycles. The molecular formula is C17H25N3O4. The molecule has 2 amide bonds. The van der Waals surface area contributed by atoms with Gasteiger partial charge in [0.25, 0.3) is 0 Å². The smallest absolute Gasteiger partial charge is 0.410 e. The van der Waals surface area contributed by atoms with Gasteiger partial charge in [0.1, 0.15) is 12.6 Å². The van der Waals surface area contributed by atoms with E-state index in [9.17, 15) is 14.7 Å². The molecule has 2 rings (SSSR count). The minimum absolute atomic E-state index is 0.111. The second-order valence-corrected chi connectivity index (χ2v) is 6.19. The largest absolute Gasteiger partial charge is 0.445 e. The van der Waals surface area contributed by atoms with Crippen molar-refractivity contribution in [1.29, 1.82) is 0 Å². The number of ether oxygens (including phenoxy) is 1. The Labute approximate surface area is 142 Å². The molecule has 0 saturated carbocycles. The molecule has 0 aliphatic carbocycles. The van der Waals surface area contributed by atoms with Crippen LogP contribution >= 0.6 is 0 Å². The van der Waals surface area contributed by atoms with Gasteiger partial charge in [-0.1, -0.05) is 30.3 Å². The van der Waals surface area contributed by atoms with E-state index in [1.165, 1.54) is 4.90 Å². The van der Waals surface area contributed by atoms with Crippen molar-refractivity contribution in [2.75, 3.05) is 33.7 Å². The standard InChI is InChI=1S/C17H25N3O4/c1-19(2)9-8-18-16(22)15-10-14(21)11-20(15)17(23)24-12-13-6-4-3-5-7-13/h3-7,14-15,21H,8-12H2,1-2H3,(H,18,22)/t14-,15-/m0/s1. The quantitative estimate of drug-likeness (QED) is 0.788. The lowest BCUT2D eigenvalue weighted by atomic mass is 10.2. The Hall–Kier alpha value is -2.12. The van der Waals surface area contributed by atoms with E-state index in [-0.39, 0.29) is 25.5 Å². The number of hydrogen-bond donors (Lipinski definition) is 2. The first-order valence-electron chi connectivity index (χ1n) is 8.05. The Balaban J connectivity index is 1.88. The molecular weight excluding hydrogens is 310 g/mol. The highest BCUT2D eigenvalue weighted by atomic mass is 16.6. The molecule has 24 heavy (non-hydrogen) atoms. The van der Waals surface area contributed by atoms with Crippen molar-refractivity contribution in [1.82, 2.24) is 15.1 Å². The molecule has 1 aliphatic heterocycles. The molecule has 1 fully saturated rings. The summed E-state index contributed by atoms with van der Waals surface area (Å²) in [7, 11) is 3.83. The first-order chi connectivity index (χ1) is 11.5. The second-order valence-electron chi connectivity index (χ2n) is 6.19. The number of benzene rings is 1. The van der Waals surface area contributed by atoms with Crippen molar-refractivity contribution in [3.8, 4) is 0 Å². The highest BCUT2D eigenvalue weighted by Crippen LogP contribution is 2.19. The van der Waals surface area contributed by atoms with Crippen LogP contribution in [0.5, 0.6) is 0 Å². The number of amides is 2. The fraction of sp³-hybridized carbons (Fsp3) is 0.529. The molecule has 0 bridgehead atoms. The van der Waals surface area contributed by atoms with E-state index in [0.29, 0.717) is 13.1 Å². The summed E-state index contributed by atoms with van der Waals surface area (Å²) in [6.45, 7) is 1.45. The average Bonchev–Trinajstić information content (AvgIpc) is 2.95. The summed E-state index contributed by atoms with van der Waals surface area (Å²) in [6.07, 6.45) is -1.06. The maximum absolute atomic E-state index is 12.3. The van der Waals surface area contributed by atoms with Crippen LogP contribution in [0.25, 0.3) is 0 Å². The lowest BCUT2D eigenvalue weighted by molar-refractivity contribution is -0.125. The first kappa shape index (κ1) is 18.2. The van der Waals surface area contributed by atoms with Gasteiger partial charge in [-0.3, -0.25) is 9.69 Å². The number of nitrogens with zero attached hydrogens (tertiary/aromatic N) is 2. The summed E-state index contributed by atoms with van der Waals surface area (Å²) in [5.41, 5.74) is 0.873. The number of carbonyl (C=O) groups is 2. The molecule has 1 aromatic carbocycles. The van der Waals surface area contributed by atoms with Crippen LogP contribution < -0.4 is 5.32 Å². The lowest BCUT2D eigenvalue weighted by Crippen LogP contribution is -2.47. The van der Waals surface area contributed by atoms with Gasteiger partial charge in [-0.2, -0.15) is 0 Å². The molecule has 0 spiro atoms. The monoisotopic (exact) mass is 335 g/mol. The van der Waals surface area contributed by atoms with E-state index in [4.69, 9.17) is 4.74 Å². The normalized spacial score (nSPS) is 20.2. The average molecular weight is 335 g/mol. The van der Waals surface area contributed by atoms with Crippen LogP contribution in [0.3, 0.4) is 0 Å². The van der Waals surface area contributed by atoms with E-state index in [1.807, 2.05) is 49.3 Å². The Morgan fingerprint density at radius 2 is 2.04 bits per heavy atom. The Morgan fingerprint density at radius 3 is 2.71 bits per heavy atom. The predicted molar refractivity (Wildman–Crippen MR) is 89.3 cm³/mol. The number of likely N-dealkylation sites (N-methyl/N-ethyl adjacent to an activating group) is 1. The van der Waals surface area contributed by atoms with Crippen LogP contribution in [-0.4, -0.2) is 72.8 Å². The molecule has 7 nitrogen and oxygen atoms in total. The number of aliphatic hydroxyl groups excluding tert-OH is 1. The Kier molecular flexibility index (Phi) is 6.57. The molecule has 1 saturated heterocycles. The topological polar surface area (TPSA) is 82.1 Å². The minimum Gasteiger partial charge on any atom is -0.445 e. The summed E-state index contributed by atoms with van der Waals surface area (Å²) in [5, 5.41) is 12.6. The maximum atomic E-state index is 12.3. The molecule has 132 valence electrons. The van der Waals surface area contributed by atoms with Crippen molar-refractivity contribution in [2.24, 2.45) is 0 Å². The fourth-order valence-electron chi connectivity index (χ4n) is 2.59. The highest BCUT2D eigenvalue weighted by Gasteiger charge is 2.39. The first-order valence-corrected chi connectivity index (χ1v) is 8.05. The van der Waals surface area contributed by atoms with E-state index in [1.54, 1.807) is 0 Å². The molecule has 2 atom stereocenters. The van der Waals surface area contributed by atoms with Gasteiger partial charge in [-0.15, -0.1) is 0 Å². The van der Waals surface area contributed by atoms with E-state index < -0.39 is 18.2 Å². The molecule has 0 unspecified atom stereocenters. The zero-order valence-corrected chi connectivity index (χ0v) is 14.1. The maximum Gasteiger partial charge on any atom is 0.410 e. The van der Waals surface area contributed by atoms with Gasteiger partial charge >= 0.3 is 6.09 Å². The van der Waals surface area contributed by atoms with Gasteiger partial charge in [0.15, 0.2) is 0 Å². The molecule has 1 aliphatic rings. The summed E-state index contributed by atoms with van der Waals surface area (Å²) in [5.74, 6) is -0.259. The van der Waals surface area contributed by atoms with Gasteiger partial charge < -0.3 is 20.1 Å². The van der Waals surface area contributed by atoms with E-state index in [0.717, 1.165) is 5.56 Å². The predicted octanol–water partition coefficient (Wildman–Crippen LogP) is 0.436. The SMILES string of the molecule is CN(C)CCNC(=O)[C@@H]1C[C@H](O)CN1C(=O)OCc1ccccc1. The number of aliphatic hydroxyl groups is 1. The molecule has 7 heteroatoms. The second kappa shape index (κ2) is 8.65. The number of β-amino-alcohol motifs (C(OH)–C–C–N with tert-alkyl or cyclic N) is 1.